The Morgan fingerprint density at radius 3 is 2.86 bits per heavy atom. The summed E-state index contributed by atoms with van der Waals surface area (Å²) in [5.41, 5.74) is 0.978. The van der Waals surface area contributed by atoms with Gasteiger partial charge >= 0.3 is 0 Å². The van der Waals surface area contributed by atoms with Gasteiger partial charge in [-0.3, -0.25) is 4.99 Å². The number of nitrogens with zero attached hydrogens (tertiary/aromatic N) is 1. The average Bonchev–Trinajstić information content (AvgIpc) is 3.25. The number of benzene rings is 1. The van der Waals surface area contributed by atoms with Gasteiger partial charge in [0.15, 0.2) is 0 Å². The van der Waals surface area contributed by atoms with Crippen molar-refractivity contribution in [1.29, 1.82) is 0 Å². The van der Waals surface area contributed by atoms with E-state index in [-0.39, 0.29) is 0 Å². The summed E-state index contributed by atoms with van der Waals surface area (Å²) < 4.78 is 1.19. The first-order chi connectivity index (χ1) is 10.3. The van der Waals surface area contributed by atoms with Gasteiger partial charge in [0.05, 0.1) is 11.4 Å². The van der Waals surface area contributed by atoms with E-state index < -0.39 is 6.10 Å². The molecule has 0 amide bonds. The molecule has 0 fully saturated rings. The van der Waals surface area contributed by atoms with Gasteiger partial charge < -0.3 is 10.4 Å². The van der Waals surface area contributed by atoms with Crippen molar-refractivity contribution in [3.8, 4) is 0 Å². The molecule has 2 N–H and O–H groups in total. The molecule has 5 heteroatoms. The van der Waals surface area contributed by atoms with Crippen molar-refractivity contribution in [3.63, 3.8) is 0 Å². The highest BCUT2D eigenvalue weighted by molar-refractivity contribution is 7.21. The van der Waals surface area contributed by atoms with Crippen molar-refractivity contribution in [1.82, 2.24) is 5.32 Å². The summed E-state index contributed by atoms with van der Waals surface area (Å²) in [6, 6.07) is 12.2. The second-order valence-corrected chi connectivity index (χ2v) is 6.95. The number of aliphatic imine (C=N–C) groups is 1. The fourth-order valence-corrected chi connectivity index (χ4v) is 4.59. The van der Waals surface area contributed by atoms with Crippen LogP contribution in [0.2, 0.25) is 0 Å². The third-order valence-corrected chi connectivity index (χ3v) is 5.73. The van der Waals surface area contributed by atoms with Crippen LogP contribution in [0.3, 0.4) is 0 Å². The van der Waals surface area contributed by atoms with Gasteiger partial charge in [0.1, 0.15) is 11.9 Å². The largest absolute Gasteiger partial charge is 0.383 e. The summed E-state index contributed by atoms with van der Waals surface area (Å²) in [6.45, 7) is 1.68. The lowest BCUT2D eigenvalue weighted by atomic mass is 10.0. The van der Waals surface area contributed by atoms with Crippen molar-refractivity contribution in [2.45, 2.75) is 6.10 Å². The molecule has 21 heavy (non-hydrogen) atoms. The van der Waals surface area contributed by atoms with Crippen LogP contribution in [0.4, 0.5) is 0 Å². The van der Waals surface area contributed by atoms with Crippen LogP contribution in [0.5, 0.6) is 0 Å². The topological polar surface area (TPSA) is 44.6 Å². The molecule has 1 unspecified atom stereocenters. The maximum absolute atomic E-state index is 10.8. The zero-order valence-electron chi connectivity index (χ0n) is 11.2. The summed E-state index contributed by atoms with van der Waals surface area (Å²) in [5, 5.41) is 17.3. The van der Waals surface area contributed by atoms with E-state index >= 15 is 0 Å². The molecule has 3 aromatic rings. The van der Waals surface area contributed by atoms with Crippen molar-refractivity contribution in [2.24, 2.45) is 4.99 Å². The number of amidine groups is 1. The van der Waals surface area contributed by atoms with Crippen LogP contribution < -0.4 is 5.32 Å². The van der Waals surface area contributed by atoms with Crippen LogP contribution in [0.1, 0.15) is 21.4 Å². The Kier molecular flexibility index (Phi) is 3.25. The molecule has 0 aliphatic carbocycles. The van der Waals surface area contributed by atoms with E-state index in [1.165, 1.54) is 4.70 Å². The summed E-state index contributed by atoms with van der Waals surface area (Å²) in [7, 11) is 0. The lowest BCUT2D eigenvalue weighted by molar-refractivity contribution is 0.226. The first kappa shape index (κ1) is 13.0. The highest BCUT2D eigenvalue weighted by Gasteiger charge is 2.25. The highest BCUT2D eigenvalue weighted by Crippen LogP contribution is 2.39. The minimum absolute atomic E-state index is 0.596. The molecule has 1 aliphatic heterocycles. The molecule has 0 spiro atoms. The van der Waals surface area contributed by atoms with E-state index in [1.807, 2.05) is 29.6 Å². The zero-order chi connectivity index (χ0) is 14.2. The van der Waals surface area contributed by atoms with Crippen molar-refractivity contribution in [2.75, 3.05) is 13.1 Å². The van der Waals surface area contributed by atoms with Crippen LogP contribution in [0.25, 0.3) is 10.1 Å². The number of hydrogen-bond acceptors (Lipinski definition) is 5. The molecule has 0 radical (unpaired) electrons. The molecule has 4 rings (SSSR count). The molecular weight excluding hydrogens is 300 g/mol. The maximum Gasteiger partial charge on any atom is 0.139 e. The van der Waals surface area contributed by atoms with Gasteiger partial charge in [-0.15, -0.1) is 22.7 Å². The lowest BCUT2D eigenvalue weighted by Crippen LogP contribution is -2.20. The fraction of sp³-hybridized carbons (Fsp3) is 0.188. The predicted molar refractivity (Wildman–Crippen MR) is 89.6 cm³/mol. The molecule has 1 aliphatic rings. The first-order valence-corrected chi connectivity index (χ1v) is 8.56. The molecule has 0 bridgehead atoms. The van der Waals surface area contributed by atoms with Gasteiger partial charge in [0.25, 0.3) is 0 Å². The van der Waals surface area contributed by atoms with Crippen LogP contribution in [-0.4, -0.2) is 24.0 Å². The molecule has 3 heterocycles. The van der Waals surface area contributed by atoms with E-state index in [1.54, 1.807) is 22.7 Å². The summed E-state index contributed by atoms with van der Waals surface area (Å²) in [5.74, 6) is 0.918. The molecule has 0 saturated heterocycles. The van der Waals surface area contributed by atoms with E-state index in [0.717, 1.165) is 39.6 Å². The van der Waals surface area contributed by atoms with Crippen LogP contribution in [0, 0.1) is 0 Å². The Balaban J connectivity index is 1.94. The van der Waals surface area contributed by atoms with E-state index in [9.17, 15) is 5.11 Å². The SMILES string of the molecule is OC(c1cccs1)c1c(C2=NCCN2)sc2ccccc12. The fourth-order valence-electron chi connectivity index (χ4n) is 2.65. The van der Waals surface area contributed by atoms with Gasteiger partial charge in [0, 0.05) is 21.7 Å². The van der Waals surface area contributed by atoms with Crippen LogP contribution in [0.15, 0.2) is 46.8 Å². The minimum atomic E-state index is -0.596. The van der Waals surface area contributed by atoms with Gasteiger partial charge in [-0.05, 0) is 22.9 Å². The van der Waals surface area contributed by atoms with Gasteiger partial charge in [-0.25, -0.2) is 0 Å². The lowest BCUT2D eigenvalue weighted by Gasteiger charge is -2.11. The number of nitrogens with one attached hydrogen (secondary N) is 1. The Morgan fingerprint density at radius 1 is 1.19 bits per heavy atom. The molecule has 1 atom stereocenters. The quantitative estimate of drug-likeness (QED) is 0.778. The Hall–Kier alpha value is -1.69. The first-order valence-electron chi connectivity index (χ1n) is 6.86. The molecule has 0 saturated carbocycles. The predicted octanol–water partition coefficient (Wildman–Crippen LogP) is 3.39. The molecular formula is C16H14N2OS2. The molecule has 1 aromatic carbocycles. The molecule has 106 valence electrons. The van der Waals surface area contributed by atoms with Gasteiger partial charge in [-0.1, -0.05) is 24.3 Å². The number of thiophene rings is 2. The maximum atomic E-state index is 10.8. The average molecular weight is 314 g/mol. The van der Waals surface area contributed by atoms with Gasteiger partial charge in [-0.2, -0.15) is 0 Å². The standard InChI is InChI=1S/C16H14N2OS2/c19-14(12-6-3-9-20-12)13-10-4-1-2-5-11(10)21-15(13)16-17-7-8-18-16/h1-6,9,14,19H,7-8H2,(H,17,18). The van der Waals surface area contributed by atoms with Crippen molar-refractivity contribution in [3.05, 3.63) is 57.1 Å². The van der Waals surface area contributed by atoms with Gasteiger partial charge in [0.2, 0.25) is 0 Å². The highest BCUT2D eigenvalue weighted by atomic mass is 32.1. The Labute approximate surface area is 130 Å². The smallest absolute Gasteiger partial charge is 0.139 e. The third kappa shape index (κ3) is 2.18. The number of hydrogen-bond donors (Lipinski definition) is 2. The minimum Gasteiger partial charge on any atom is -0.383 e. The summed E-state index contributed by atoms with van der Waals surface area (Å²) in [4.78, 5) is 6.57. The van der Waals surface area contributed by atoms with Crippen LogP contribution in [-0.2, 0) is 0 Å². The zero-order valence-corrected chi connectivity index (χ0v) is 12.9. The third-order valence-electron chi connectivity index (χ3n) is 3.61. The Bertz CT molecular complexity index is 805. The second-order valence-electron chi connectivity index (χ2n) is 4.92. The number of rotatable bonds is 3. The normalized spacial score (nSPS) is 16.0. The number of aliphatic hydroxyl groups excluding tert-OH is 1. The van der Waals surface area contributed by atoms with Crippen LogP contribution >= 0.6 is 22.7 Å². The van der Waals surface area contributed by atoms with Crippen molar-refractivity contribution >= 4 is 38.6 Å². The monoisotopic (exact) mass is 314 g/mol. The summed E-state index contributed by atoms with van der Waals surface area (Å²) in [6.07, 6.45) is -0.596. The number of fused-ring (bicyclic) bond motifs is 1. The number of aliphatic hydroxyl groups is 1. The second kappa shape index (κ2) is 5.26. The van der Waals surface area contributed by atoms with E-state index in [4.69, 9.17) is 0 Å². The molecule has 3 nitrogen and oxygen atoms in total. The van der Waals surface area contributed by atoms with Crippen molar-refractivity contribution < 1.29 is 5.11 Å². The van der Waals surface area contributed by atoms with E-state index in [0.29, 0.717) is 0 Å². The Morgan fingerprint density at radius 2 is 2.10 bits per heavy atom. The van der Waals surface area contributed by atoms with E-state index in [2.05, 4.69) is 22.4 Å². The summed E-state index contributed by atoms with van der Waals surface area (Å²) >= 11 is 3.28. The molecule has 2 aromatic heterocycles.